The summed E-state index contributed by atoms with van der Waals surface area (Å²) in [6.07, 6.45) is 0. The van der Waals surface area contributed by atoms with Crippen molar-refractivity contribution < 1.29 is 14.3 Å². The molecule has 27 heavy (non-hydrogen) atoms. The smallest absolute Gasteiger partial charge is 0.254 e. The van der Waals surface area contributed by atoms with Crippen molar-refractivity contribution in [2.45, 2.75) is 25.3 Å². The van der Waals surface area contributed by atoms with E-state index in [1.165, 1.54) is 5.56 Å². The average Bonchev–Trinajstić information content (AvgIpc) is 3.22. The van der Waals surface area contributed by atoms with E-state index in [-0.39, 0.29) is 18.0 Å². The zero-order valence-electron chi connectivity index (χ0n) is 15.3. The molecule has 0 unspecified atom stereocenters. The standard InChI is InChI=1S/C22H24N2O3/c25-22(19-8-4-7-17-12-26-14-20(17)19)23-9-10-24-18(11-23)13-27-15-21(24)16-5-2-1-3-6-16/h1-8,18,21H,9-15H2/t18-,21-/m1/s1. The fraction of sp³-hybridized carbons (Fsp3) is 0.409. The molecular formula is C22H24N2O3. The third kappa shape index (κ3) is 3.06. The number of amides is 1. The predicted molar refractivity (Wildman–Crippen MR) is 101 cm³/mol. The van der Waals surface area contributed by atoms with E-state index in [4.69, 9.17) is 9.47 Å². The van der Waals surface area contributed by atoms with Crippen molar-refractivity contribution in [1.29, 1.82) is 0 Å². The van der Waals surface area contributed by atoms with Crippen LogP contribution in [0.1, 0.15) is 33.1 Å². The van der Waals surface area contributed by atoms with E-state index in [9.17, 15) is 4.79 Å². The van der Waals surface area contributed by atoms with Gasteiger partial charge in [0.2, 0.25) is 0 Å². The van der Waals surface area contributed by atoms with Gasteiger partial charge in [-0.3, -0.25) is 9.69 Å². The Hall–Kier alpha value is -2.21. The van der Waals surface area contributed by atoms with Crippen LogP contribution in [-0.4, -0.2) is 54.6 Å². The summed E-state index contributed by atoms with van der Waals surface area (Å²) < 4.78 is 11.5. The molecule has 1 amide bonds. The first-order chi connectivity index (χ1) is 13.3. The van der Waals surface area contributed by atoms with Gasteiger partial charge in [-0.1, -0.05) is 42.5 Å². The number of morpholine rings is 1. The van der Waals surface area contributed by atoms with Gasteiger partial charge in [0, 0.05) is 25.2 Å². The molecule has 0 radical (unpaired) electrons. The lowest BCUT2D eigenvalue weighted by Gasteiger charge is -2.48. The highest BCUT2D eigenvalue weighted by molar-refractivity contribution is 5.96. The van der Waals surface area contributed by atoms with E-state index in [2.05, 4.69) is 35.2 Å². The van der Waals surface area contributed by atoms with Crippen LogP contribution in [0.3, 0.4) is 0 Å². The van der Waals surface area contributed by atoms with E-state index in [1.54, 1.807) is 0 Å². The van der Waals surface area contributed by atoms with Crippen molar-refractivity contribution in [2.24, 2.45) is 0 Å². The molecule has 140 valence electrons. The summed E-state index contributed by atoms with van der Waals surface area (Å²) in [7, 11) is 0. The molecule has 2 aromatic rings. The van der Waals surface area contributed by atoms with E-state index in [0.717, 1.165) is 36.4 Å². The lowest BCUT2D eigenvalue weighted by atomic mass is 9.98. The summed E-state index contributed by atoms with van der Waals surface area (Å²) in [4.78, 5) is 17.7. The van der Waals surface area contributed by atoms with Gasteiger partial charge in [0.1, 0.15) is 0 Å². The van der Waals surface area contributed by atoms with Gasteiger partial charge in [-0.05, 0) is 22.8 Å². The molecule has 2 aromatic carbocycles. The minimum Gasteiger partial charge on any atom is -0.378 e. The SMILES string of the molecule is O=C(c1cccc2c1COC2)N1CCN2[C@@H](COC[C@@H]2c2ccccc2)C1. The number of piperazine rings is 1. The Balaban J connectivity index is 1.34. The maximum atomic E-state index is 13.2. The molecule has 5 nitrogen and oxygen atoms in total. The molecule has 3 aliphatic heterocycles. The van der Waals surface area contributed by atoms with Gasteiger partial charge >= 0.3 is 0 Å². The van der Waals surface area contributed by atoms with Crippen molar-refractivity contribution >= 4 is 5.91 Å². The zero-order chi connectivity index (χ0) is 18.2. The Kier molecular flexibility index (Phi) is 4.44. The maximum absolute atomic E-state index is 13.2. The van der Waals surface area contributed by atoms with Crippen molar-refractivity contribution in [2.75, 3.05) is 32.8 Å². The van der Waals surface area contributed by atoms with Crippen LogP contribution in [0.4, 0.5) is 0 Å². The topological polar surface area (TPSA) is 42.0 Å². The van der Waals surface area contributed by atoms with Gasteiger partial charge in [0.05, 0.1) is 38.5 Å². The zero-order valence-corrected chi connectivity index (χ0v) is 15.3. The molecule has 0 N–H and O–H groups in total. The predicted octanol–water partition coefficient (Wildman–Crippen LogP) is 2.61. The Morgan fingerprint density at radius 2 is 1.81 bits per heavy atom. The quantitative estimate of drug-likeness (QED) is 0.822. The molecule has 5 rings (SSSR count). The summed E-state index contributed by atoms with van der Waals surface area (Å²) in [5, 5.41) is 0. The van der Waals surface area contributed by atoms with E-state index in [1.807, 2.05) is 23.1 Å². The molecule has 0 bridgehead atoms. The van der Waals surface area contributed by atoms with Crippen LogP contribution < -0.4 is 0 Å². The summed E-state index contributed by atoms with van der Waals surface area (Å²) in [6, 6.07) is 17.0. The number of benzene rings is 2. The monoisotopic (exact) mass is 364 g/mol. The van der Waals surface area contributed by atoms with Crippen molar-refractivity contribution in [3.8, 4) is 0 Å². The number of hydrogen-bond acceptors (Lipinski definition) is 4. The number of carbonyl (C=O) groups is 1. The highest BCUT2D eigenvalue weighted by Crippen LogP contribution is 2.31. The lowest BCUT2D eigenvalue weighted by molar-refractivity contribution is -0.0770. The molecule has 0 saturated carbocycles. The fourth-order valence-corrected chi connectivity index (χ4v) is 4.56. The first-order valence-corrected chi connectivity index (χ1v) is 9.67. The lowest BCUT2D eigenvalue weighted by Crippen LogP contribution is -2.60. The second-order valence-electron chi connectivity index (χ2n) is 7.54. The number of fused-ring (bicyclic) bond motifs is 2. The molecule has 0 aliphatic carbocycles. The first-order valence-electron chi connectivity index (χ1n) is 9.67. The Labute approximate surface area is 159 Å². The molecule has 0 aromatic heterocycles. The van der Waals surface area contributed by atoms with Gasteiger partial charge in [0.15, 0.2) is 0 Å². The minimum atomic E-state index is 0.124. The number of hydrogen-bond donors (Lipinski definition) is 0. The molecule has 3 heterocycles. The van der Waals surface area contributed by atoms with Crippen LogP contribution >= 0.6 is 0 Å². The van der Waals surface area contributed by atoms with Gasteiger partial charge in [-0.25, -0.2) is 0 Å². The van der Waals surface area contributed by atoms with E-state index >= 15 is 0 Å². The number of nitrogens with zero attached hydrogens (tertiary/aromatic N) is 2. The van der Waals surface area contributed by atoms with Gasteiger partial charge in [-0.15, -0.1) is 0 Å². The maximum Gasteiger partial charge on any atom is 0.254 e. The largest absolute Gasteiger partial charge is 0.378 e. The molecule has 2 fully saturated rings. The number of ether oxygens (including phenoxy) is 2. The van der Waals surface area contributed by atoms with Crippen LogP contribution in [0, 0.1) is 0 Å². The second kappa shape index (κ2) is 7.08. The van der Waals surface area contributed by atoms with Crippen LogP contribution in [0.25, 0.3) is 0 Å². The normalized spacial score (nSPS) is 25.1. The molecule has 2 atom stereocenters. The minimum absolute atomic E-state index is 0.124. The Morgan fingerprint density at radius 1 is 0.926 bits per heavy atom. The summed E-state index contributed by atoms with van der Waals surface area (Å²) >= 11 is 0. The highest BCUT2D eigenvalue weighted by Gasteiger charge is 2.38. The molecule has 5 heteroatoms. The van der Waals surface area contributed by atoms with Gasteiger partial charge < -0.3 is 14.4 Å². The molecular weight excluding hydrogens is 340 g/mol. The number of rotatable bonds is 2. The van der Waals surface area contributed by atoms with Crippen LogP contribution in [-0.2, 0) is 22.7 Å². The van der Waals surface area contributed by atoms with Gasteiger partial charge in [-0.2, -0.15) is 0 Å². The molecule has 0 spiro atoms. The van der Waals surface area contributed by atoms with Crippen molar-refractivity contribution in [3.63, 3.8) is 0 Å². The summed E-state index contributed by atoms with van der Waals surface area (Å²) in [5.74, 6) is 0.124. The van der Waals surface area contributed by atoms with E-state index < -0.39 is 0 Å². The van der Waals surface area contributed by atoms with Crippen LogP contribution in [0.2, 0.25) is 0 Å². The highest BCUT2D eigenvalue weighted by atomic mass is 16.5. The molecule has 3 aliphatic rings. The van der Waals surface area contributed by atoms with Crippen molar-refractivity contribution in [1.82, 2.24) is 9.80 Å². The van der Waals surface area contributed by atoms with Crippen LogP contribution in [0.5, 0.6) is 0 Å². The number of carbonyl (C=O) groups excluding carboxylic acids is 1. The second-order valence-corrected chi connectivity index (χ2v) is 7.54. The van der Waals surface area contributed by atoms with Gasteiger partial charge in [0.25, 0.3) is 5.91 Å². The third-order valence-corrected chi connectivity index (χ3v) is 5.99. The summed E-state index contributed by atoms with van der Waals surface area (Å²) in [5.41, 5.74) is 4.30. The van der Waals surface area contributed by atoms with Crippen molar-refractivity contribution in [3.05, 3.63) is 70.8 Å². The average molecular weight is 364 g/mol. The third-order valence-electron chi connectivity index (χ3n) is 5.99. The fourth-order valence-electron chi connectivity index (χ4n) is 4.56. The van der Waals surface area contributed by atoms with Crippen LogP contribution in [0.15, 0.2) is 48.5 Å². The Bertz CT molecular complexity index is 839. The van der Waals surface area contributed by atoms with E-state index in [0.29, 0.717) is 26.4 Å². The first kappa shape index (κ1) is 16.9. The summed E-state index contributed by atoms with van der Waals surface area (Å²) in [6.45, 7) is 4.90. The molecule has 2 saturated heterocycles. The Morgan fingerprint density at radius 3 is 2.70 bits per heavy atom.